The quantitative estimate of drug-likeness (QED) is 0.475. The number of hydrogen-bond acceptors (Lipinski definition) is 5. The lowest BCUT2D eigenvalue weighted by molar-refractivity contribution is 0.0365. The number of nitrogens with zero attached hydrogens (tertiary/aromatic N) is 3. The maximum absolute atomic E-state index is 13.3. The van der Waals surface area contributed by atoms with Gasteiger partial charge in [0, 0.05) is 54.5 Å². The average molecular weight is 448 g/mol. The van der Waals surface area contributed by atoms with E-state index in [1.807, 2.05) is 18.2 Å². The normalized spacial score (nSPS) is 14.6. The lowest BCUT2D eigenvalue weighted by Crippen LogP contribution is -2.38. The third-order valence-corrected chi connectivity index (χ3v) is 6.00. The number of hydrogen-bond donors (Lipinski definition) is 1. The molecule has 5 rings (SSSR count). The highest BCUT2D eigenvalue weighted by molar-refractivity contribution is 6.09. The summed E-state index contributed by atoms with van der Waals surface area (Å²) in [5.41, 5.74) is 3.15. The van der Waals surface area contributed by atoms with Gasteiger partial charge in [0.15, 0.2) is 0 Å². The van der Waals surface area contributed by atoms with Crippen molar-refractivity contribution in [1.82, 2.24) is 14.6 Å². The number of halogens is 1. The van der Waals surface area contributed by atoms with Gasteiger partial charge in [0.25, 0.3) is 5.91 Å². The third-order valence-electron chi connectivity index (χ3n) is 6.00. The van der Waals surface area contributed by atoms with Crippen molar-refractivity contribution in [3.63, 3.8) is 0 Å². The molecule has 1 aliphatic heterocycles. The van der Waals surface area contributed by atoms with Crippen molar-refractivity contribution in [2.24, 2.45) is 0 Å². The number of fused-ring (bicyclic) bond motifs is 1. The van der Waals surface area contributed by atoms with Crippen LogP contribution in [0.3, 0.4) is 0 Å². The second-order valence-corrected chi connectivity index (χ2v) is 8.16. The fourth-order valence-corrected chi connectivity index (χ4v) is 4.18. The molecule has 8 heteroatoms. The van der Waals surface area contributed by atoms with Crippen LogP contribution in [0.1, 0.15) is 16.1 Å². The minimum Gasteiger partial charge on any atom is -0.379 e. The molecular weight excluding hydrogens is 423 g/mol. The number of anilines is 1. The van der Waals surface area contributed by atoms with E-state index in [4.69, 9.17) is 9.26 Å². The molecule has 170 valence electrons. The molecule has 0 atom stereocenters. The minimum atomic E-state index is -0.352. The summed E-state index contributed by atoms with van der Waals surface area (Å²) in [6.07, 6.45) is 2.08. The molecule has 0 aliphatic carbocycles. The summed E-state index contributed by atoms with van der Waals surface area (Å²) >= 11 is 0. The molecule has 0 unspecified atom stereocenters. The molecule has 7 nitrogen and oxygen atoms in total. The molecule has 4 aromatic rings. The van der Waals surface area contributed by atoms with E-state index in [0.29, 0.717) is 28.3 Å². The Bertz CT molecular complexity index is 1270. The van der Waals surface area contributed by atoms with Crippen LogP contribution in [0.2, 0.25) is 0 Å². The number of amides is 1. The molecule has 1 saturated heterocycles. The van der Waals surface area contributed by atoms with Gasteiger partial charge in [0.2, 0.25) is 0 Å². The van der Waals surface area contributed by atoms with Crippen LogP contribution in [0, 0.1) is 12.7 Å². The molecule has 33 heavy (non-hydrogen) atoms. The lowest BCUT2D eigenvalue weighted by Gasteiger charge is -2.26. The number of rotatable bonds is 6. The summed E-state index contributed by atoms with van der Waals surface area (Å²) in [4.78, 5) is 15.5. The molecule has 0 bridgehead atoms. The van der Waals surface area contributed by atoms with Crippen LogP contribution in [-0.4, -0.2) is 53.4 Å². The first-order valence-corrected chi connectivity index (χ1v) is 11.0. The monoisotopic (exact) mass is 448 g/mol. The first-order chi connectivity index (χ1) is 16.1. The number of ether oxygens (including phenoxy) is 1. The molecule has 0 radical (unpaired) electrons. The standard InChI is InChI=1S/C25H25FN4O3/c1-17-23(24(28-33-17)18-2-4-20(26)5-3-18)25(31)27-21-6-7-22-19(16-21)8-9-30(22)11-10-29-12-14-32-15-13-29/h2-9,16H,10-15H2,1H3,(H,27,31). The summed E-state index contributed by atoms with van der Waals surface area (Å²) in [7, 11) is 0. The molecule has 2 aromatic carbocycles. The second kappa shape index (κ2) is 9.17. The van der Waals surface area contributed by atoms with Crippen LogP contribution in [0.25, 0.3) is 22.2 Å². The molecule has 3 heterocycles. The van der Waals surface area contributed by atoms with Crippen LogP contribution in [0.15, 0.2) is 59.3 Å². The molecule has 1 fully saturated rings. The van der Waals surface area contributed by atoms with Crippen molar-refractivity contribution < 1.29 is 18.4 Å². The maximum atomic E-state index is 13.3. The van der Waals surface area contributed by atoms with Gasteiger partial charge in [-0.3, -0.25) is 9.69 Å². The highest BCUT2D eigenvalue weighted by Gasteiger charge is 2.22. The Hall–Kier alpha value is -3.49. The van der Waals surface area contributed by atoms with Gasteiger partial charge in [-0.15, -0.1) is 0 Å². The fourth-order valence-electron chi connectivity index (χ4n) is 4.18. The van der Waals surface area contributed by atoms with Gasteiger partial charge in [-0.05, 0) is 55.5 Å². The Morgan fingerprint density at radius 2 is 1.88 bits per heavy atom. The largest absolute Gasteiger partial charge is 0.379 e. The van der Waals surface area contributed by atoms with Gasteiger partial charge in [-0.2, -0.15) is 0 Å². The smallest absolute Gasteiger partial charge is 0.261 e. The molecule has 0 saturated carbocycles. The van der Waals surface area contributed by atoms with E-state index in [-0.39, 0.29) is 11.7 Å². The van der Waals surface area contributed by atoms with E-state index in [9.17, 15) is 9.18 Å². The van der Waals surface area contributed by atoms with Crippen molar-refractivity contribution in [1.29, 1.82) is 0 Å². The van der Waals surface area contributed by atoms with E-state index < -0.39 is 0 Å². The zero-order valence-corrected chi connectivity index (χ0v) is 18.4. The number of aryl methyl sites for hydroxylation is 1. The fraction of sp³-hybridized carbons (Fsp3) is 0.280. The van der Waals surface area contributed by atoms with Crippen molar-refractivity contribution in [3.05, 3.63) is 71.9 Å². The van der Waals surface area contributed by atoms with Gasteiger partial charge >= 0.3 is 0 Å². The Morgan fingerprint density at radius 1 is 1.09 bits per heavy atom. The second-order valence-electron chi connectivity index (χ2n) is 8.16. The average Bonchev–Trinajstić information content (AvgIpc) is 3.42. The van der Waals surface area contributed by atoms with Crippen LogP contribution in [0.5, 0.6) is 0 Å². The zero-order chi connectivity index (χ0) is 22.8. The van der Waals surface area contributed by atoms with Crippen LogP contribution < -0.4 is 5.32 Å². The predicted molar refractivity (Wildman–Crippen MR) is 124 cm³/mol. The van der Waals surface area contributed by atoms with E-state index in [1.54, 1.807) is 19.1 Å². The third kappa shape index (κ3) is 4.53. The Morgan fingerprint density at radius 3 is 2.67 bits per heavy atom. The molecule has 2 aromatic heterocycles. The first-order valence-electron chi connectivity index (χ1n) is 11.0. The SMILES string of the molecule is Cc1onc(-c2ccc(F)cc2)c1C(=O)Nc1ccc2c(ccn2CCN2CCOCC2)c1. The summed E-state index contributed by atoms with van der Waals surface area (Å²) in [6, 6.07) is 13.7. The van der Waals surface area contributed by atoms with Gasteiger partial charge < -0.3 is 19.1 Å². The van der Waals surface area contributed by atoms with E-state index in [2.05, 4.69) is 32.2 Å². The van der Waals surface area contributed by atoms with E-state index in [1.165, 1.54) is 12.1 Å². The van der Waals surface area contributed by atoms with Gasteiger partial charge in [-0.1, -0.05) is 5.16 Å². The van der Waals surface area contributed by atoms with E-state index >= 15 is 0 Å². The highest BCUT2D eigenvalue weighted by Crippen LogP contribution is 2.27. The molecule has 0 spiro atoms. The minimum absolute atomic E-state index is 0.320. The van der Waals surface area contributed by atoms with Crippen molar-refractivity contribution in [3.8, 4) is 11.3 Å². The van der Waals surface area contributed by atoms with Gasteiger partial charge in [0.05, 0.1) is 13.2 Å². The van der Waals surface area contributed by atoms with Crippen LogP contribution >= 0.6 is 0 Å². The summed E-state index contributed by atoms with van der Waals surface area (Å²) in [5.74, 6) is -0.267. The number of morpholine rings is 1. The number of nitrogens with one attached hydrogen (secondary N) is 1. The number of aromatic nitrogens is 2. The summed E-state index contributed by atoms with van der Waals surface area (Å²) in [6.45, 7) is 7.09. The van der Waals surface area contributed by atoms with Crippen LogP contribution in [0.4, 0.5) is 10.1 Å². The van der Waals surface area contributed by atoms with Gasteiger partial charge in [-0.25, -0.2) is 4.39 Å². The number of carbonyl (C=O) groups is 1. The van der Waals surface area contributed by atoms with Crippen molar-refractivity contribution in [2.45, 2.75) is 13.5 Å². The molecule has 1 N–H and O–H groups in total. The molecule has 1 aliphatic rings. The van der Waals surface area contributed by atoms with Crippen molar-refractivity contribution in [2.75, 3.05) is 38.2 Å². The summed E-state index contributed by atoms with van der Waals surface area (Å²) < 4.78 is 26.2. The number of carbonyl (C=O) groups excluding carboxylic acids is 1. The highest BCUT2D eigenvalue weighted by atomic mass is 19.1. The molecule has 1 amide bonds. The first kappa shape index (κ1) is 21.4. The van der Waals surface area contributed by atoms with Gasteiger partial charge in [0.1, 0.15) is 22.8 Å². The summed E-state index contributed by atoms with van der Waals surface area (Å²) in [5, 5.41) is 8.02. The topological polar surface area (TPSA) is 72.5 Å². The Balaban J connectivity index is 1.32. The maximum Gasteiger partial charge on any atom is 0.261 e. The Kier molecular flexibility index (Phi) is 5.93. The van der Waals surface area contributed by atoms with Crippen LogP contribution in [-0.2, 0) is 11.3 Å². The van der Waals surface area contributed by atoms with Crippen molar-refractivity contribution >= 4 is 22.5 Å². The lowest BCUT2D eigenvalue weighted by atomic mass is 10.1. The van der Waals surface area contributed by atoms with E-state index in [0.717, 1.165) is 50.3 Å². The zero-order valence-electron chi connectivity index (χ0n) is 18.4. The molecular formula is C25H25FN4O3. The Labute approximate surface area is 190 Å². The predicted octanol–water partition coefficient (Wildman–Crippen LogP) is 4.33. The number of benzene rings is 2.